The maximum atomic E-state index is 13.4. The summed E-state index contributed by atoms with van der Waals surface area (Å²) in [6.45, 7) is 0. The Morgan fingerprint density at radius 3 is 2.54 bits per heavy atom. The van der Waals surface area contributed by atoms with Gasteiger partial charge in [0.15, 0.2) is 17.5 Å². The van der Waals surface area contributed by atoms with Crippen molar-refractivity contribution in [2.45, 2.75) is 0 Å². The number of carboxylic acid groups (broad SMARTS) is 1. The Kier molecular flexibility index (Phi) is 4.94. The Balaban J connectivity index is 2.05. The molecule has 1 aromatic heterocycles. The highest BCUT2D eigenvalue weighted by Gasteiger charge is 2.17. The summed E-state index contributed by atoms with van der Waals surface area (Å²) >= 11 is 6.01. The highest BCUT2D eigenvalue weighted by atomic mass is 35.5. The van der Waals surface area contributed by atoms with Crippen LogP contribution in [0, 0.1) is 11.6 Å². The second kappa shape index (κ2) is 7.32. The van der Waals surface area contributed by atoms with Gasteiger partial charge >= 0.3 is 6.16 Å². The second-order valence-corrected chi connectivity index (χ2v) is 5.30. The third kappa shape index (κ3) is 3.86. The van der Waals surface area contributed by atoms with Crippen LogP contribution in [0.5, 0.6) is 17.4 Å². The Bertz CT molecular complexity index is 985. The summed E-state index contributed by atoms with van der Waals surface area (Å²) in [5.41, 5.74) is 0.162. The van der Waals surface area contributed by atoms with Gasteiger partial charge in [0, 0.05) is 5.56 Å². The predicted octanol–water partition coefficient (Wildman–Crippen LogP) is 4.92. The molecule has 0 aliphatic rings. The van der Waals surface area contributed by atoms with Crippen LogP contribution in [0.3, 0.4) is 0 Å². The SMILES string of the molecule is O=C(O)Oc1cnc(-c2ccc(F)c(F)c2)nc1Oc1ccccc1Cl. The number of aromatic nitrogens is 2. The van der Waals surface area contributed by atoms with Gasteiger partial charge in [-0.3, -0.25) is 0 Å². The summed E-state index contributed by atoms with van der Waals surface area (Å²) in [6, 6.07) is 9.52. The maximum Gasteiger partial charge on any atom is 0.511 e. The largest absolute Gasteiger partial charge is 0.511 e. The molecule has 0 unspecified atom stereocenters. The fourth-order valence-electron chi connectivity index (χ4n) is 2.00. The summed E-state index contributed by atoms with van der Waals surface area (Å²) in [4.78, 5) is 18.8. The van der Waals surface area contributed by atoms with Crippen molar-refractivity contribution in [3.05, 3.63) is 65.3 Å². The van der Waals surface area contributed by atoms with E-state index in [0.717, 1.165) is 18.3 Å². The molecule has 0 saturated carbocycles. The van der Waals surface area contributed by atoms with Crippen LogP contribution >= 0.6 is 11.6 Å². The molecule has 0 aliphatic carbocycles. The first kappa shape index (κ1) is 17.6. The van der Waals surface area contributed by atoms with Crippen LogP contribution in [0.2, 0.25) is 5.02 Å². The lowest BCUT2D eigenvalue weighted by Crippen LogP contribution is -2.06. The molecule has 9 heteroatoms. The van der Waals surface area contributed by atoms with E-state index in [-0.39, 0.29) is 33.8 Å². The van der Waals surface area contributed by atoms with E-state index in [1.807, 2.05) is 0 Å². The first-order chi connectivity index (χ1) is 12.4. The van der Waals surface area contributed by atoms with Crippen LogP contribution < -0.4 is 9.47 Å². The van der Waals surface area contributed by atoms with Gasteiger partial charge in [-0.25, -0.2) is 18.6 Å². The van der Waals surface area contributed by atoms with Crippen molar-refractivity contribution in [3.63, 3.8) is 0 Å². The lowest BCUT2D eigenvalue weighted by atomic mass is 10.2. The molecule has 3 aromatic rings. The van der Waals surface area contributed by atoms with E-state index in [1.54, 1.807) is 18.2 Å². The Morgan fingerprint density at radius 2 is 1.85 bits per heavy atom. The summed E-state index contributed by atoms with van der Waals surface area (Å²) in [6.07, 6.45) is -0.553. The summed E-state index contributed by atoms with van der Waals surface area (Å²) in [7, 11) is 0. The average molecular weight is 379 g/mol. The molecule has 26 heavy (non-hydrogen) atoms. The molecular weight excluding hydrogens is 370 g/mol. The molecule has 0 radical (unpaired) electrons. The first-order valence-corrected chi connectivity index (χ1v) is 7.47. The molecule has 0 fully saturated rings. The number of benzene rings is 2. The summed E-state index contributed by atoms with van der Waals surface area (Å²) in [5, 5.41) is 9.07. The Morgan fingerprint density at radius 1 is 1.08 bits per heavy atom. The van der Waals surface area contributed by atoms with E-state index in [1.165, 1.54) is 12.1 Å². The highest BCUT2D eigenvalue weighted by Crippen LogP contribution is 2.34. The lowest BCUT2D eigenvalue weighted by Gasteiger charge is -2.11. The average Bonchev–Trinajstić information content (AvgIpc) is 2.60. The van der Waals surface area contributed by atoms with Crippen molar-refractivity contribution >= 4 is 17.8 Å². The first-order valence-electron chi connectivity index (χ1n) is 7.09. The van der Waals surface area contributed by atoms with Gasteiger partial charge in [-0.05, 0) is 30.3 Å². The fraction of sp³-hybridized carbons (Fsp3) is 0. The van der Waals surface area contributed by atoms with Gasteiger partial charge in [0.25, 0.3) is 5.88 Å². The number of hydrogen-bond acceptors (Lipinski definition) is 5. The van der Waals surface area contributed by atoms with Crippen LogP contribution in [-0.2, 0) is 0 Å². The van der Waals surface area contributed by atoms with Crippen molar-refractivity contribution < 1.29 is 28.2 Å². The quantitative estimate of drug-likeness (QED) is 0.649. The Labute approximate surface area is 150 Å². The van der Waals surface area contributed by atoms with Gasteiger partial charge in [-0.1, -0.05) is 23.7 Å². The number of para-hydroxylation sites is 1. The van der Waals surface area contributed by atoms with Gasteiger partial charge < -0.3 is 14.6 Å². The molecule has 0 spiro atoms. The van der Waals surface area contributed by atoms with Crippen LogP contribution in [0.4, 0.5) is 13.6 Å². The topological polar surface area (TPSA) is 81.5 Å². The molecule has 0 aliphatic heterocycles. The third-order valence-corrected chi connectivity index (χ3v) is 3.45. The van der Waals surface area contributed by atoms with E-state index in [0.29, 0.717) is 0 Å². The minimum atomic E-state index is -1.60. The van der Waals surface area contributed by atoms with E-state index in [2.05, 4.69) is 14.7 Å². The smallest absolute Gasteiger partial charge is 0.449 e. The van der Waals surface area contributed by atoms with Crippen LogP contribution in [0.25, 0.3) is 11.4 Å². The number of hydrogen-bond donors (Lipinski definition) is 1. The maximum absolute atomic E-state index is 13.4. The highest BCUT2D eigenvalue weighted by molar-refractivity contribution is 6.32. The number of halogens is 3. The van der Waals surface area contributed by atoms with Gasteiger partial charge in [0.1, 0.15) is 5.75 Å². The molecule has 0 bridgehead atoms. The normalized spacial score (nSPS) is 10.4. The van der Waals surface area contributed by atoms with Crippen molar-refractivity contribution in [2.75, 3.05) is 0 Å². The molecule has 2 aromatic carbocycles. The van der Waals surface area contributed by atoms with E-state index in [9.17, 15) is 13.6 Å². The molecule has 0 atom stereocenters. The van der Waals surface area contributed by atoms with Crippen LogP contribution in [-0.4, -0.2) is 21.2 Å². The van der Waals surface area contributed by atoms with E-state index in [4.69, 9.17) is 21.4 Å². The molecular formula is C17H9ClF2N2O4. The number of ether oxygens (including phenoxy) is 2. The molecule has 1 N–H and O–H groups in total. The van der Waals surface area contributed by atoms with Gasteiger partial charge in [-0.2, -0.15) is 4.98 Å². The van der Waals surface area contributed by atoms with Crippen molar-refractivity contribution in [1.82, 2.24) is 9.97 Å². The van der Waals surface area contributed by atoms with Crippen LogP contribution in [0.1, 0.15) is 0 Å². The van der Waals surface area contributed by atoms with Gasteiger partial charge in [0.2, 0.25) is 5.75 Å². The monoisotopic (exact) mass is 378 g/mol. The number of rotatable bonds is 4. The van der Waals surface area contributed by atoms with Gasteiger partial charge in [-0.15, -0.1) is 0 Å². The van der Waals surface area contributed by atoms with Crippen molar-refractivity contribution in [1.29, 1.82) is 0 Å². The van der Waals surface area contributed by atoms with E-state index >= 15 is 0 Å². The van der Waals surface area contributed by atoms with E-state index < -0.39 is 17.8 Å². The summed E-state index contributed by atoms with van der Waals surface area (Å²) in [5.74, 6) is -2.47. The number of nitrogens with zero attached hydrogens (tertiary/aromatic N) is 2. The van der Waals surface area contributed by atoms with Crippen molar-refractivity contribution in [3.8, 4) is 28.8 Å². The van der Waals surface area contributed by atoms with Crippen LogP contribution in [0.15, 0.2) is 48.7 Å². The standard InChI is InChI=1S/C17H9ClF2N2O4/c18-10-3-1-2-4-13(10)25-16-14(26-17(23)24)8-21-15(22-16)9-5-6-11(19)12(20)7-9/h1-8H,(H,23,24). The second-order valence-electron chi connectivity index (χ2n) is 4.89. The molecule has 0 amide bonds. The number of carbonyl (C=O) groups is 1. The van der Waals surface area contributed by atoms with Gasteiger partial charge in [0.05, 0.1) is 11.2 Å². The summed E-state index contributed by atoms with van der Waals surface area (Å²) < 4.78 is 36.6. The third-order valence-electron chi connectivity index (χ3n) is 3.14. The zero-order chi connectivity index (χ0) is 18.7. The zero-order valence-corrected chi connectivity index (χ0v) is 13.6. The van der Waals surface area contributed by atoms with Crippen molar-refractivity contribution in [2.24, 2.45) is 0 Å². The fourth-order valence-corrected chi connectivity index (χ4v) is 2.17. The zero-order valence-electron chi connectivity index (χ0n) is 12.8. The molecule has 6 nitrogen and oxygen atoms in total. The Hall–Kier alpha value is -3.26. The predicted molar refractivity (Wildman–Crippen MR) is 87.6 cm³/mol. The molecule has 1 heterocycles. The molecule has 0 saturated heterocycles. The lowest BCUT2D eigenvalue weighted by molar-refractivity contribution is 0.142. The molecule has 132 valence electrons. The minimum absolute atomic E-state index is 0.0244. The minimum Gasteiger partial charge on any atom is -0.449 e. The molecule has 3 rings (SSSR count).